The van der Waals surface area contributed by atoms with Gasteiger partial charge in [-0.05, 0) is 63.0 Å². The smallest absolute Gasteiger partial charge is 0.445 e. The van der Waals surface area contributed by atoms with Gasteiger partial charge in [-0.15, -0.1) is 0 Å². The van der Waals surface area contributed by atoms with E-state index in [0.717, 1.165) is 11.1 Å². The van der Waals surface area contributed by atoms with Gasteiger partial charge in [-0.3, -0.25) is 0 Å². The lowest BCUT2D eigenvalue weighted by Crippen LogP contribution is -2.42. The molecule has 164 valence electrons. The Bertz CT molecular complexity index is 783. The average Bonchev–Trinajstić information content (AvgIpc) is 2.85. The van der Waals surface area contributed by atoms with Crippen molar-refractivity contribution in [3.8, 4) is 0 Å². The second kappa shape index (κ2) is 8.35. The minimum Gasteiger partial charge on any atom is -0.445 e. The highest BCUT2D eigenvalue weighted by molar-refractivity contribution is 6.53. The van der Waals surface area contributed by atoms with E-state index < -0.39 is 24.4 Å². The maximum Gasteiger partial charge on any atom is 0.525 e. The lowest BCUT2D eigenvalue weighted by atomic mass is 9.62. The van der Waals surface area contributed by atoms with Crippen LogP contribution in [0.3, 0.4) is 0 Å². The summed E-state index contributed by atoms with van der Waals surface area (Å²) in [5.41, 5.74) is 0.114. The van der Waals surface area contributed by atoms with Crippen molar-refractivity contribution in [3.05, 3.63) is 47.2 Å². The highest BCUT2D eigenvalue weighted by Gasteiger charge is 2.54. The SMILES string of the molecule is CC(C)(CNC(=O)OCc1ccccc1)C1CC(=C(F)B2OC(C)(C)C(C)(C)O2)C1. The molecule has 5 nitrogen and oxygen atoms in total. The highest BCUT2D eigenvalue weighted by Crippen LogP contribution is 2.48. The fourth-order valence-electron chi connectivity index (χ4n) is 3.61. The van der Waals surface area contributed by atoms with Gasteiger partial charge in [0.15, 0.2) is 0 Å². The number of rotatable bonds is 6. The quantitative estimate of drug-likeness (QED) is 0.646. The molecule has 1 amide bonds. The summed E-state index contributed by atoms with van der Waals surface area (Å²) < 4.78 is 31.8. The van der Waals surface area contributed by atoms with Gasteiger partial charge in [0.25, 0.3) is 0 Å². The molecule has 3 rings (SSSR count). The molecule has 1 heterocycles. The molecule has 1 aromatic rings. The molecular formula is C23H33BFNO4. The van der Waals surface area contributed by atoms with Gasteiger partial charge in [-0.25, -0.2) is 9.18 Å². The largest absolute Gasteiger partial charge is 0.525 e. The van der Waals surface area contributed by atoms with Gasteiger partial charge in [0.2, 0.25) is 0 Å². The predicted molar refractivity (Wildman–Crippen MR) is 115 cm³/mol. The number of carbonyl (C=O) groups excluding carboxylic acids is 1. The minimum atomic E-state index is -0.930. The van der Waals surface area contributed by atoms with Crippen LogP contribution in [0.4, 0.5) is 9.18 Å². The third-order valence-corrected chi connectivity index (χ3v) is 6.79. The molecular weight excluding hydrogens is 384 g/mol. The standard InChI is InChI=1S/C23H33BFNO4/c1-21(2,15-26-20(27)28-14-16-10-8-7-9-11-16)18-12-17(13-18)19(25)24-29-22(3,4)23(5,6)30-24/h7-11,18H,12-15H2,1-6H3,(H,26,27). The van der Waals surface area contributed by atoms with Crippen molar-refractivity contribution >= 4 is 13.2 Å². The molecule has 1 saturated carbocycles. The van der Waals surface area contributed by atoms with Gasteiger partial charge in [0.1, 0.15) is 12.3 Å². The summed E-state index contributed by atoms with van der Waals surface area (Å²) in [5, 5.41) is 2.84. The zero-order chi connectivity index (χ0) is 22.2. The molecule has 0 spiro atoms. The first-order chi connectivity index (χ1) is 13.9. The van der Waals surface area contributed by atoms with Gasteiger partial charge in [-0.2, -0.15) is 0 Å². The van der Waals surface area contributed by atoms with E-state index in [1.54, 1.807) is 0 Å². The van der Waals surface area contributed by atoms with Crippen molar-refractivity contribution in [1.82, 2.24) is 5.32 Å². The maximum atomic E-state index is 14.9. The number of ether oxygens (including phenoxy) is 1. The minimum absolute atomic E-state index is 0.175. The van der Waals surface area contributed by atoms with Crippen LogP contribution in [-0.4, -0.2) is 31.0 Å². The Morgan fingerprint density at radius 1 is 1.17 bits per heavy atom. The molecule has 2 fully saturated rings. The van der Waals surface area contributed by atoms with E-state index in [9.17, 15) is 9.18 Å². The molecule has 1 saturated heterocycles. The summed E-state index contributed by atoms with van der Waals surface area (Å²) in [6.45, 7) is 12.5. The number of carbonyl (C=O) groups is 1. The number of hydrogen-bond acceptors (Lipinski definition) is 4. The second-order valence-electron chi connectivity index (χ2n) is 10.0. The van der Waals surface area contributed by atoms with Crippen molar-refractivity contribution in [2.24, 2.45) is 11.3 Å². The molecule has 0 bridgehead atoms. The summed E-state index contributed by atoms with van der Waals surface area (Å²) >= 11 is 0. The van der Waals surface area contributed by atoms with Crippen molar-refractivity contribution in [1.29, 1.82) is 0 Å². The lowest BCUT2D eigenvalue weighted by molar-refractivity contribution is 0.00578. The summed E-state index contributed by atoms with van der Waals surface area (Å²) in [5.74, 6) is 0.273. The van der Waals surface area contributed by atoms with Gasteiger partial charge < -0.3 is 19.4 Å². The molecule has 1 aliphatic heterocycles. The molecule has 0 unspecified atom stereocenters. The van der Waals surface area contributed by atoms with Crippen LogP contribution in [0.2, 0.25) is 0 Å². The Balaban J connectivity index is 1.47. The van der Waals surface area contributed by atoms with Crippen LogP contribution >= 0.6 is 0 Å². The molecule has 1 aromatic carbocycles. The number of benzene rings is 1. The number of alkyl carbamates (subject to hydrolysis) is 1. The topological polar surface area (TPSA) is 56.8 Å². The first kappa shape index (κ1) is 22.8. The summed E-state index contributed by atoms with van der Waals surface area (Å²) in [7, 11) is -0.930. The molecule has 30 heavy (non-hydrogen) atoms. The fraction of sp³-hybridized carbons (Fsp3) is 0.609. The van der Waals surface area contributed by atoms with E-state index in [0.29, 0.717) is 19.4 Å². The Labute approximate surface area is 179 Å². The van der Waals surface area contributed by atoms with Crippen LogP contribution < -0.4 is 5.32 Å². The normalized spacial score (nSPS) is 22.4. The van der Waals surface area contributed by atoms with Crippen molar-refractivity contribution in [3.63, 3.8) is 0 Å². The number of halogens is 1. The third-order valence-electron chi connectivity index (χ3n) is 6.79. The van der Waals surface area contributed by atoms with Crippen LogP contribution in [0.25, 0.3) is 0 Å². The second-order valence-corrected chi connectivity index (χ2v) is 10.0. The van der Waals surface area contributed by atoms with Gasteiger partial charge in [0.05, 0.1) is 11.2 Å². The van der Waals surface area contributed by atoms with E-state index in [2.05, 4.69) is 19.2 Å². The average molecular weight is 417 g/mol. The Kier molecular flexibility index (Phi) is 6.35. The van der Waals surface area contributed by atoms with E-state index in [1.807, 2.05) is 58.0 Å². The molecule has 1 aliphatic carbocycles. The summed E-state index contributed by atoms with van der Waals surface area (Å²) in [6, 6.07) is 9.55. The zero-order valence-corrected chi connectivity index (χ0v) is 18.9. The summed E-state index contributed by atoms with van der Waals surface area (Å²) in [6.07, 6.45) is 0.846. The molecule has 1 N–H and O–H groups in total. The maximum absolute atomic E-state index is 14.9. The van der Waals surface area contributed by atoms with Crippen LogP contribution in [-0.2, 0) is 20.7 Å². The fourth-order valence-corrected chi connectivity index (χ4v) is 3.61. The van der Waals surface area contributed by atoms with E-state index in [1.165, 1.54) is 0 Å². The van der Waals surface area contributed by atoms with Crippen molar-refractivity contribution < 1.29 is 23.2 Å². The van der Waals surface area contributed by atoms with Crippen LogP contribution in [0.5, 0.6) is 0 Å². The van der Waals surface area contributed by atoms with Gasteiger partial charge in [0, 0.05) is 6.54 Å². The first-order valence-corrected chi connectivity index (χ1v) is 10.6. The number of hydrogen-bond donors (Lipinski definition) is 1. The molecule has 0 radical (unpaired) electrons. The predicted octanol–water partition coefficient (Wildman–Crippen LogP) is 5.20. The Hall–Kier alpha value is -1.86. The molecule has 2 aliphatic rings. The van der Waals surface area contributed by atoms with E-state index in [4.69, 9.17) is 14.0 Å². The third kappa shape index (κ3) is 4.89. The van der Waals surface area contributed by atoms with E-state index >= 15 is 0 Å². The number of allylic oxidation sites excluding steroid dienone is 1. The molecule has 0 aromatic heterocycles. The highest BCUT2D eigenvalue weighted by atomic mass is 19.1. The lowest BCUT2D eigenvalue weighted by Gasteiger charge is -2.42. The van der Waals surface area contributed by atoms with Crippen LogP contribution in [0, 0.1) is 11.3 Å². The zero-order valence-electron chi connectivity index (χ0n) is 18.9. The molecule has 7 heteroatoms. The van der Waals surface area contributed by atoms with Crippen LogP contribution in [0.1, 0.15) is 59.9 Å². The van der Waals surface area contributed by atoms with Gasteiger partial charge >= 0.3 is 13.2 Å². The van der Waals surface area contributed by atoms with Crippen molar-refractivity contribution in [2.45, 2.75) is 72.2 Å². The first-order valence-electron chi connectivity index (χ1n) is 10.6. The van der Waals surface area contributed by atoms with E-state index in [-0.39, 0.29) is 23.7 Å². The molecule has 0 atom stereocenters. The number of amides is 1. The Morgan fingerprint density at radius 2 is 1.73 bits per heavy atom. The Morgan fingerprint density at radius 3 is 2.30 bits per heavy atom. The number of nitrogens with one attached hydrogen (secondary N) is 1. The van der Waals surface area contributed by atoms with Gasteiger partial charge in [-0.1, -0.05) is 44.2 Å². The monoisotopic (exact) mass is 417 g/mol. The summed E-state index contributed by atoms with van der Waals surface area (Å²) in [4.78, 5) is 12.0. The van der Waals surface area contributed by atoms with Crippen LogP contribution in [0.15, 0.2) is 41.6 Å². The van der Waals surface area contributed by atoms with Crippen molar-refractivity contribution in [2.75, 3.05) is 6.54 Å².